The van der Waals surface area contributed by atoms with Gasteiger partial charge in [-0.25, -0.2) is 0 Å². The van der Waals surface area contributed by atoms with Crippen LogP contribution in [0.25, 0.3) is 0 Å². The van der Waals surface area contributed by atoms with Gasteiger partial charge in [0.25, 0.3) is 0 Å². The number of nitrogens with zero attached hydrogens (tertiary/aromatic N) is 1. The van der Waals surface area contributed by atoms with Gasteiger partial charge in [0.05, 0.1) is 13.2 Å². The van der Waals surface area contributed by atoms with Gasteiger partial charge in [-0.15, -0.1) is 12.4 Å². The molecule has 2 rings (SSSR count). The molecule has 0 spiro atoms. The van der Waals surface area contributed by atoms with E-state index in [1.807, 2.05) is 6.07 Å². The Morgan fingerprint density at radius 2 is 1.88 bits per heavy atom. The van der Waals surface area contributed by atoms with Crippen molar-refractivity contribution >= 4 is 12.4 Å². The van der Waals surface area contributed by atoms with Gasteiger partial charge in [-0.1, -0.05) is 26.8 Å². The number of ether oxygens (including phenoxy) is 2. The van der Waals surface area contributed by atoms with E-state index in [2.05, 4.69) is 37.8 Å². The van der Waals surface area contributed by atoms with Crippen LogP contribution < -0.4 is 15.2 Å². The molecule has 1 heterocycles. The molecule has 0 bridgehead atoms. The van der Waals surface area contributed by atoms with Crippen LogP contribution in [0.1, 0.15) is 45.6 Å². The summed E-state index contributed by atoms with van der Waals surface area (Å²) in [5, 5.41) is 0. The standard InChI is InChI=1S/C19H32N2O2.ClH/c1-4-10-22-17-7-6-16(18(12-17)23-11-5-2)13-21-9-8-19(3,14-20)15-21;/h6-7,12H,4-5,8-11,13-15,20H2,1-3H3;1H. The first-order valence-corrected chi connectivity index (χ1v) is 8.91. The number of rotatable bonds is 9. The largest absolute Gasteiger partial charge is 0.493 e. The van der Waals surface area contributed by atoms with Crippen LogP contribution in [0.3, 0.4) is 0 Å². The molecule has 1 atom stereocenters. The minimum absolute atomic E-state index is 0. The van der Waals surface area contributed by atoms with Crippen LogP contribution >= 0.6 is 12.4 Å². The summed E-state index contributed by atoms with van der Waals surface area (Å²) in [5.41, 5.74) is 7.42. The molecule has 4 nitrogen and oxygen atoms in total. The molecule has 138 valence electrons. The Balaban J connectivity index is 0.00000288. The Hall–Kier alpha value is -0.970. The highest BCUT2D eigenvalue weighted by molar-refractivity contribution is 5.85. The van der Waals surface area contributed by atoms with E-state index in [-0.39, 0.29) is 17.8 Å². The van der Waals surface area contributed by atoms with Crippen molar-refractivity contribution < 1.29 is 9.47 Å². The summed E-state index contributed by atoms with van der Waals surface area (Å²) in [6.07, 6.45) is 3.19. The fraction of sp³-hybridized carbons (Fsp3) is 0.684. The van der Waals surface area contributed by atoms with Crippen molar-refractivity contribution in [2.75, 3.05) is 32.8 Å². The van der Waals surface area contributed by atoms with Crippen molar-refractivity contribution in [3.63, 3.8) is 0 Å². The summed E-state index contributed by atoms with van der Waals surface area (Å²) in [6, 6.07) is 6.24. The zero-order valence-corrected chi connectivity index (χ0v) is 16.2. The van der Waals surface area contributed by atoms with E-state index in [0.29, 0.717) is 0 Å². The van der Waals surface area contributed by atoms with Gasteiger partial charge in [-0.3, -0.25) is 4.90 Å². The third kappa shape index (κ3) is 5.83. The molecule has 0 aromatic heterocycles. The number of hydrogen-bond donors (Lipinski definition) is 1. The van der Waals surface area contributed by atoms with Gasteiger partial charge in [-0.05, 0) is 43.8 Å². The van der Waals surface area contributed by atoms with E-state index >= 15 is 0 Å². The molecule has 1 aromatic rings. The summed E-state index contributed by atoms with van der Waals surface area (Å²) >= 11 is 0. The maximum absolute atomic E-state index is 5.96. The zero-order chi connectivity index (χ0) is 16.7. The Kier molecular flexibility index (Phi) is 8.88. The number of benzene rings is 1. The fourth-order valence-electron chi connectivity index (χ4n) is 2.99. The van der Waals surface area contributed by atoms with Crippen LogP contribution in [0.15, 0.2) is 18.2 Å². The average molecular weight is 357 g/mol. The van der Waals surface area contributed by atoms with Crippen molar-refractivity contribution in [3.8, 4) is 11.5 Å². The average Bonchev–Trinajstić information content (AvgIpc) is 2.94. The molecule has 0 saturated carbocycles. The van der Waals surface area contributed by atoms with E-state index in [4.69, 9.17) is 15.2 Å². The molecule has 5 heteroatoms. The van der Waals surface area contributed by atoms with Gasteiger partial charge in [0, 0.05) is 24.7 Å². The summed E-state index contributed by atoms with van der Waals surface area (Å²) in [4.78, 5) is 2.48. The first-order chi connectivity index (χ1) is 11.1. The van der Waals surface area contributed by atoms with Crippen LogP contribution in [-0.2, 0) is 6.54 Å². The number of likely N-dealkylation sites (tertiary alicyclic amines) is 1. The van der Waals surface area contributed by atoms with Crippen molar-refractivity contribution in [1.29, 1.82) is 0 Å². The van der Waals surface area contributed by atoms with Gasteiger partial charge in [0.1, 0.15) is 11.5 Å². The van der Waals surface area contributed by atoms with E-state index in [1.54, 1.807) is 0 Å². The summed E-state index contributed by atoms with van der Waals surface area (Å²) in [6.45, 7) is 11.9. The molecule has 1 aromatic carbocycles. The molecule has 0 radical (unpaired) electrons. The molecule has 1 saturated heterocycles. The smallest absolute Gasteiger partial charge is 0.127 e. The second-order valence-corrected chi connectivity index (χ2v) is 6.94. The third-order valence-electron chi connectivity index (χ3n) is 4.50. The predicted octanol–water partition coefficient (Wildman–Crippen LogP) is 3.86. The fourth-order valence-corrected chi connectivity index (χ4v) is 2.99. The monoisotopic (exact) mass is 356 g/mol. The Morgan fingerprint density at radius 3 is 2.50 bits per heavy atom. The lowest BCUT2D eigenvalue weighted by atomic mass is 9.90. The van der Waals surface area contributed by atoms with Gasteiger partial charge < -0.3 is 15.2 Å². The molecule has 24 heavy (non-hydrogen) atoms. The Labute approximate surface area is 153 Å². The molecular formula is C19H33ClN2O2. The van der Waals surface area contributed by atoms with Crippen LogP contribution in [-0.4, -0.2) is 37.7 Å². The van der Waals surface area contributed by atoms with Crippen molar-refractivity contribution in [1.82, 2.24) is 4.90 Å². The van der Waals surface area contributed by atoms with Crippen LogP contribution in [0.4, 0.5) is 0 Å². The van der Waals surface area contributed by atoms with E-state index in [9.17, 15) is 0 Å². The molecule has 1 unspecified atom stereocenters. The first kappa shape index (κ1) is 21.1. The topological polar surface area (TPSA) is 47.7 Å². The zero-order valence-electron chi connectivity index (χ0n) is 15.3. The van der Waals surface area contributed by atoms with Crippen LogP contribution in [0.2, 0.25) is 0 Å². The lowest BCUT2D eigenvalue weighted by Crippen LogP contribution is -2.31. The Bertz CT molecular complexity index is 498. The highest BCUT2D eigenvalue weighted by Crippen LogP contribution is 2.32. The molecule has 1 aliphatic rings. The minimum Gasteiger partial charge on any atom is -0.493 e. The Morgan fingerprint density at radius 1 is 1.17 bits per heavy atom. The summed E-state index contributed by atoms with van der Waals surface area (Å²) in [7, 11) is 0. The number of halogens is 1. The highest BCUT2D eigenvalue weighted by Gasteiger charge is 2.32. The summed E-state index contributed by atoms with van der Waals surface area (Å²) < 4.78 is 11.7. The third-order valence-corrected chi connectivity index (χ3v) is 4.50. The molecule has 1 aliphatic heterocycles. The molecule has 0 amide bonds. The summed E-state index contributed by atoms with van der Waals surface area (Å²) in [5.74, 6) is 1.86. The lowest BCUT2D eigenvalue weighted by Gasteiger charge is -2.23. The number of nitrogens with two attached hydrogens (primary N) is 1. The quantitative estimate of drug-likeness (QED) is 0.730. The maximum atomic E-state index is 5.96. The highest BCUT2D eigenvalue weighted by atomic mass is 35.5. The SMILES string of the molecule is CCCOc1ccc(CN2CCC(C)(CN)C2)c(OCCC)c1.Cl. The molecule has 1 fully saturated rings. The molecule has 2 N–H and O–H groups in total. The van der Waals surface area contributed by atoms with E-state index in [0.717, 1.165) is 63.7 Å². The van der Waals surface area contributed by atoms with Gasteiger partial charge >= 0.3 is 0 Å². The van der Waals surface area contributed by atoms with Gasteiger partial charge in [0.2, 0.25) is 0 Å². The van der Waals surface area contributed by atoms with Crippen molar-refractivity contribution in [2.24, 2.45) is 11.1 Å². The molecular weight excluding hydrogens is 324 g/mol. The van der Waals surface area contributed by atoms with Crippen molar-refractivity contribution in [2.45, 2.75) is 46.6 Å². The maximum Gasteiger partial charge on any atom is 0.127 e. The first-order valence-electron chi connectivity index (χ1n) is 8.91. The van der Waals surface area contributed by atoms with Gasteiger partial charge in [0.15, 0.2) is 0 Å². The van der Waals surface area contributed by atoms with Crippen LogP contribution in [0.5, 0.6) is 11.5 Å². The lowest BCUT2D eigenvalue weighted by molar-refractivity contribution is 0.262. The second kappa shape index (κ2) is 10.1. The van der Waals surface area contributed by atoms with Gasteiger partial charge in [-0.2, -0.15) is 0 Å². The normalized spacial score (nSPS) is 20.7. The number of hydrogen-bond acceptors (Lipinski definition) is 4. The minimum atomic E-state index is 0. The van der Waals surface area contributed by atoms with Crippen LogP contribution in [0, 0.1) is 5.41 Å². The van der Waals surface area contributed by atoms with E-state index in [1.165, 1.54) is 12.0 Å². The van der Waals surface area contributed by atoms with Crippen molar-refractivity contribution in [3.05, 3.63) is 23.8 Å². The molecule has 0 aliphatic carbocycles. The second-order valence-electron chi connectivity index (χ2n) is 6.94. The predicted molar refractivity (Wildman–Crippen MR) is 102 cm³/mol. The van der Waals surface area contributed by atoms with E-state index < -0.39 is 0 Å².